The number of hydrogen-bond donors (Lipinski definition) is 0. The van der Waals surface area contributed by atoms with Crippen LogP contribution >= 0.6 is 0 Å². The first-order chi connectivity index (χ1) is 5.20. The van der Waals surface area contributed by atoms with Gasteiger partial charge in [0, 0.05) is 18.8 Å². The molecular formula is C9H11NO. The van der Waals surface area contributed by atoms with Gasteiger partial charge in [0.25, 0.3) is 5.56 Å². The van der Waals surface area contributed by atoms with Crippen molar-refractivity contribution in [1.29, 1.82) is 0 Å². The normalized spacial score (nSPS) is 9.55. The fraction of sp³-hybridized carbons (Fsp3) is 0.222. The number of hydrogen-bond acceptors (Lipinski definition) is 1. The largest absolute Gasteiger partial charge is 0.311 e. The van der Waals surface area contributed by atoms with Gasteiger partial charge in [0.2, 0.25) is 0 Å². The molecule has 2 heteroatoms. The third-order valence-corrected chi connectivity index (χ3v) is 1.34. The molecule has 2 nitrogen and oxygen atoms in total. The van der Waals surface area contributed by atoms with Gasteiger partial charge in [-0.15, -0.1) is 0 Å². The van der Waals surface area contributed by atoms with E-state index in [1.54, 1.807) is 22.9 Å². The van der Waals surface area contributed by atoms with Gasteiger partial charge in [-0.3, -0.25) is 4.79 Å². The quantitative estimate of drug-likeness (QED) is 0.583. The summed E-state index contributed by atoms with van der Waals surface area (Å²) in [6.07, 6.45) is 1.76. The monoisotopic (exact) mass is 149 g/mol. The fourth-order valence-corrected chi connectivity index (χ4v) is 0.882. The number of aromatic nitrogens is 1. The van der Waals surface area contributed by atoms with E-state index in [4.69, 9.17) is 0 Å². The van der Waals surface area contributed by atoms with Crippen LogP contribution in [0, 0.1) is 0 Å². The maximum absolute atomic E-state index is 11.1. The Bertz CT molecular complexity index is 311. The smallest absolute Gasteiger partial charge is 0.250 e. The summed E-state index contributed by atoms with van der Waals surface area (Å²) in [7, 11) is 0. The van der Waals surface area contributed by atoms with E-state index in [0.29, 0.717) is 6.54 Å². The molecule has 0 aliphatic heterocycles. The zero-order chi connectivity index (χ0) is 8.27. The summed E-state index contributed by atoms with van der Waals surface area (Å²) in [6, 6.07) is 5.12. The van der Waals surface area contributed by atoms with Gasteiger partial charge in [-0.1, -0.05) is 18.2 Å². The highest BCUT2D eigenvalue weighted by molar-refractivity contribution is 4.97. The molecule has 58 valence electrons. The van der Waals surface area contributed by atoms with Crippen LogP contribution in [-0.4, -0.2) is 4.57 Å². The molecule has 1 aromatic rings. The third kappa shape index (κ3) is 2.08. The van der Waals surface area contributed by atoms with Gasteiger partial charge in [-0.2, -0.15) is 0 Å². The molecule has 0 aliphatic carbocycles. The average Bonchev–Trinajstić information content (AvgIpc) is 1.93. The zero-order valence-electron chi connectivity index (χ0n) is 6.58. The lowest BCUT2D eigenvalue weighted by Crippen LogP contribution is -2.17. The van der Waals surface area contributed by atoms with Gasteiger partial charge in [-0.25, -0.2) is 0 Å². The Morgan fingerprint density at radius 2 is 2.36 bits per heavy atom. The van der Waals surface area contributed by atoms with Crippen LogP contribution in [0.2, 0.25) is 0 Å². The summed E-state index contributed by atoms with van der Waals surface area (Å²) in [5.74, 6) is 0. The second-order valence-corrected chi connectivity index (χ2v) is 2.62. The van der Waals surface area contributed by atoms with Gasteiger partial charge in [0.05, 0.1) is 0 Å². The molecule has 0 aliphatic rings. The highest BCUT2D eigenvalue weighted by atomic mass is 16.1. The molecule has 1 aromatic heterocycles. The molecule has 11 heavy (non-hydrogen) atoms. The lowest BCUT2D eigenvalue weighted by molar-refractivity contribution is 0.749. The van der Waals surface area contributed by atoms with Gasteiger partial charge in [0.1, 0.15) is 0 Å². The van der Waals surface area contributed by atoms with Crippen LogP contribution < -0.4 is 5.56 Å². The summed E-state index contributed by atoms with van der Waals surface area (Å²) in [5.41, 5.74) is 1.01. The Labute approximate surface area is 65.8 Å². The Balaban J connectivity index is 2.95. The Hall–Kier alpha value is -1.31. The maximum atomic E-state index is 11.1. The summed E-state index contributed by atoms with van der Waals surface area (Å²) in [5, 5.41) is 0. The minimum absolute atomic E-state index is 0.0236. The van der Waals surface area contributed by atoms with Gasteiger partial charge in [0.15, 0.2) is 0 Å². The van der Waals surface area contributed by atoms with Crippen molar-refractivity contribution in [3.63, 3.8) is 0 Å². The van der Waals surface area contributed by atoms with E-state index in [0.717, 1.165) is 5.57 Å². The van der Waals surface area contributed by atoms with Crippen LogP contribution in [0.15, 0.2) is 41.3 Å². The molecule has 0 aromatic carbocycles. The van der Waals surface area contributed by atoms with Gasteiger partial charge in [-0.05, 0) is 13.0 Å². The second-order valence-electron chi connectivity index (χ2n) is 2.62. The first-order valence-corrected chi connectivity index (χ1v) is 3.50. The second kappa shape index (κ2) is 3.19. The van der Waals surface area contributed by atoms with Crippen LogP contribution in [0.5, 0.6) is 0 Å². The molecule has 0 N–H and O–H groups in total. The number of rotatable bonds is 2. The molecule has 0 radical (unpaired) electrons. The van der Waals surface area contributed by atoms with Crippen molar-refractivity contribution in [2.45, 2.75) is 13.5 Å². The van der Waals surface area contributed by atoms with Crippen molar-refractivity contribution in [1.82, 2.24) is 4.57 Å². The van der Waals surface area contributed by atoms with Gasteiger partial charge >= 0.3 is 0 Å². The summed E-state index contributed by atoms with van der Waals surface area (Å²) >= 11 is 0. The molecule has 0 fully saturated rings. The van der Waals surface area contributed by atoms with Crippen LogP contribution in [0.3, 0.4) is 0 Å². The minimum Gasteiger partial charge on any atom is -0.311 e. The van der Waals surface area contributed by atoms with Crippen LogP contribution in [-0.2, 0) is 6.54 Å². The van der Waals surface area contributed by atoms with E-state index in [-0.39, 0.29) is 5.56 Å². The zero-order valence-corrected chi connectivity index (χ0v) is 6.58. The summed E-state index contributed by atoms with van der Waals surface area (Å²) in [6.45, 7) is 6.24. The molecule has 0 saturated carbocycles. The molecule has 0 amide bonds. The Kier molecular flexibility index (Phi) is 2.26. The number of allylic oxidation sites excluding steroid dienone is 1. The molecule has 0 unspecified atom stereocenters. The highest BCUT2D eigenvalue weighted by Gasteiger charge is 1.91. The molecule has 0 saturated heterocycles. The first kappa shape index (κ1) is 7.79. The topological polar surface area (TPSA) is 22.0 Å². The molecule has 0 atom stereocenters. The van der Waals surface area contributed by atoms with E-state index in [9.17, 15) is 4.79 Å². The van der Waals surface area contributed by atoms with Crippen LogP contribution in [0.25, 0.3) is 0 Å². The lowest BCUT2D eigenvalue weighted by Gasteiger charge is -2.02. The predicted molar refractivity (Wildman–Crippen MR) is 45.5 cm³/mol. The van der Waals surface area contributed by atoms with Crippen molar-refractivity contribution in [2.24, 2.45) is 0 Å². The van der Waals surface area contributed by atoms with E-state index < -0.39 is 0 Å². The SMILES string of the molecule is C=C(C)Cn1ccccc1=O. The molecule has 1 heterocycles. The maximum Gasteiger partial charge on any atom is 0.250 e. The van der Waals surface area contributed by atoms with Crippen LogP contribution in [0.1, 0.15) is 6.92 Å². The van der Waals surface area contributed by atoms with E-state index in [1.807, 2.05) is 13.0 Å². The third-order valence-electron chi connectivity index (χ3n) is 1.34. The first-order valence-electron chi connectivity index (χ1n) is 3.50. The van der Waals surface area contributed by atoms with Crippen molar-refractivity contribution in [2.75, 3.05) is 0 Å². The van der Waals surface area contributed by atoms with Crippen molar-refractivity contribution >= 4 is 0 Å². The van der Waals surface area contributed by atoms with E-state index in [2.05, 4.69) is 6.58 Å². The Morgan fingerprint density at radius 3 is 2.91 bits per heavy atom. The average molecular weight is 149 g/mol. The number of nitrogens with zero attached hydrogens (tertiary/aromatic N) is 1. The summed E-state index contributed by atoms with van der Waals surface area (Å²) < 4.78 is 1.63. The van der Waals surface area contributed by atoms with Crippen molar-refractivity contribution in [3.8, 4) is 0 Å². The lowest BCUT2D eigenvalue weighted by atomic mass is 10.3. The van der Waals surface area contributed by atoms with Gasteiger partial charge < -0.3 is 4.57 Å². The fourth-order valence-electron chi connectivity index (χ4n) is 0.882. The van der Waals surface area contributed by atoms with Crippen LogP contribution in [0.4, 0.5) is 0 Å². The van der Waals surface area contributed by atoms with Crippen molar-refractivity contribution in [3.05, 3.63) is 46.9 Å². The summed E-state index contributed by atoms with van der Waals surface area (Å²) in [4.78, 5) is 11.1. The highest BCUT2D eigenvalue weighted by Crippen LogP contribution is 1.90. The standard InChI is InChI=1S/C9H11NO/c1-8(2)7-10-6-4-3-5-9(10)11/h3-6H,1,7H2,2H3. The number of pyridine rings is 1. The molecule has 0 spiro atoms. The molecular weight excluding hydrogens is 138 g/mol. The molecule has 0 bridgehead atoms. The van der Waals surface area contributed by atoms with E-state index >= 15 is 0 Å². The minimum atomic E-state index is 0.0236. The molecule has 1 rings (SSSR count). The predicted octanol–water partition coefficient (Wildman–Crippen LogP) is 1.42. The van der Waals surface area contributed by atoms with E-state index in [1.165, 1.54) is 0 Å². The van der Waals surface area contributed by atoms with Crippen molar-refractivity contribution < 1.29 is 0 Å². The Morgan fingerprint density at radius 1 is 1.64 bits per heavy atom.